The monoisotopic (exact) mass is 1870 g/mol. The van der Waals surface area contributed by atoms with Crippen molar-refractivity contribution in [3.8, 4) is 0 Å². The van der Waals surface area contributed by atoms with E-state index in [1.165, 1.54) is 97.6 Å². The largest absolute Gasteiger partial charge is 0.255 e. The molecular weight excluding hydrogens is 1860 g/mol. The summed E-state index contributed by atoms with van der Waals surface area (Å²) in [6.45, 7) is 0. The maximum absolute atomic E-state index is 12.5. The van der Waals surface area contributed by atoms with Crippen LogP contribution in [0.5, 0.6) is 0 Å². The van der Waals surface area contributed by atoms with Gasteiger partial charge in [-0.2, -0.15) is 0 Å². The van der Waals surface area contributed by atoms with E-state index in [1.54, 1.807) is 258 Å². The lowest BCUT2D eigenvalue weighted by atomic mass is 10.3. The van der Waals surface area contributed by atoms with Gasteiger partial charge in [0.2, 0.25) is 19.7 Å². The molecule has 0 unspecified atom stereocenters. The van der Waals surface area contributed by atoms with Gasteiger partial charge in [0.15, 0.2) is 0 Å². The molecule has 408 valence electrons. The van der Waals surface area contributed by atoms with Gasteiger partial charge in [0, 0.05) is 366 Å². The third-order valence-electron chi connectivity index (χ3n) is 5.97. The van der Waals surface area contributed by atoms with Crippen LogP contribution in [0.3, 0.4) is 0 Å². The number of halogens is 2. The van der Waals surface area contributed by atoms with Crippen molar-refractivity contribution in [3.05, 3.63) is 93.9 Å². The molecule has 49 heteroatoms. The average Bonchev–Trinajstić information content (AvgIpc) is 3.40. The van der Waals surface area contributed by atoms with Crippen molar-refractivity contribution in [3.63, 3.8) is 0 Å². The Hall–Kier alpha value is 6.50. The standard InChI is InChI=1S/C12H7BrO4S2.C12H7BrS2.H2O2.S19.S18/c13-8-5-6-11-12(7-8)19(16,17)10-4-2-1-3-9(10)18(11,14)15;13-8-5-6-11-12(7-8)15-10-4-2-1-3-9(10)14-11;1-2;1-3-5-7-9-11-13-15-17-19-18-16-14-12-10-8-6-4-2;1-3-5-7-9-11-13-15-17-18-16-14-12-10-8-6-4-2/h1-7H;1-7H;1-2H;;. The minimum atomic E-state index is -3.80. The van der Waals surface area contributed by atoms with Crippen LogP contribution in [0, 0.1) is 0 Å². The summed E-state index contributed by atoms with van der Waals surface area (Å²) in [5.74, 6) is 0. The van der Waals surface area contributed by atoms with Gasteiger partial charge in [-0.15, -0.1) is 0 Å². The van der Waals surface area contributed by atoms with Gasteiger partial charge < -0.3 is 0 Å². The van der Waals surface area contributed by atoms with E-state index >= 15 is 0 Å². The van der Waals surface area contributed by atoms with E-state index in [4.69, 9.17) is 55.3 Å². The number of fused-ring (bicyclic) bond motifs is 4. The highest BCUT2D eigenvalue weighted by Gasteiger charge is 2.38. The molecule has 0 saturated heterocycles. The summed E-state index contributed by atoms with van der Waals surface area (Å²) in [4.78, 5) is 4.72. The number of rotatable bonds is 0. The lowest BCUT2D eigenvalue weighted by Crippen LogP contribution is -2.19. The summed E-state index contributed by atoms with van der Waals surface area (Å²) in [5.41, 5.74) is 0. The third-order valence-corrected chi connectivity index (χ3v) is 82.4. The molecule has 0 bridgehead atoms. The number of sulfone groups is 2. The summed E-state index contributed by atoms with van der Waals surface area (Å²) in [7, 11) is 48.6. The van der Waals surface area contributed by atoms with Crippen LogP contribution < -0.4 is 0 Å². The quantitative estimate of drug-likeness (QED) is 0.117. The molecule has 0 saturated carbocycles. The fourth-order valence-electron chi connectivity index (χ4n) is 3.88. The van der Waals surface area contributed by atoms with E-state index in [9.17, 15) is 16.8 Å². The predicted octanol–water partition coefficient (Wildman–Crippen LogP) is 7.42. The predicted molar refractivity (Wildman–Crippen MR) is 418 cm³/mol. The first-order valence-electron chi connectivity index (χ1n) is 15.8. The molecule has 0 aromatic heterocycles. The van der Waals surface area contributed by atoms with Crippen LogP contribution in [0.2, 0.25) is 0 Å². The smallest absolute Gasteiger partial charge is 0.209 e. The van der Waals surface area contributed by atoms with Gasteiger partial charge in [-0.3, -0.25) is 10.5 Å². The Morgan fingerprint density at radius 1 is 0.315 bits per heavy atom. The van der Waals surface area contributed by atoms with Crippen molar-refractivity contribution >= 4 is 413 Å². The van der Waals surface area contributed by atoms with E-state index in [1.807, 2.05) is 23.5 Å². The molecule has 2 N–H and O–H groups in total. The second-order valence-corrected chi connectivity index (χ2v) is 75.7. The van der Waals surface area contributed by atoms with Crippen LogP contribution in [0.4, 0.5) is 0 Å². The van der Waals surface area contributed by atoms with Crippen LogP contribution >= 0.6 is 55.4 Å². The molecule has 2 heterocycles. The molecule has 73 heavy (non-hydrogen) atoms. The Labute approximate surface area is 560 Å². The first-order chi connectivity index (χ1) is 35.5. The first kappa shape index (κ1) is 75.6. The maximum atomic E-state index is 12.5. The molecule has 0 aliphatic carbocycles. The van der Waals surface area contributed by atoms with E-state index in [0.29, 0.717) is 4.47 Å². The SMILES string of the molecule is Brc1ccc2c(c1)Sc1ccccc1S2.O=S1(=O)c2ccccc2S(=O)(=O)c2cc(Br)ccc21.OO.S=S=S=S=S=S=S=S=S=S=S=S=S=S=S=S=S=S.S=S=S=S=S=S=S=S=S=S=S=S=S=S=S=S=S=S=S. The van der Waals surface area contributed by atoms with E-state index in [0.717, 1.165) is 4.47 Å². The van der Waals surface area contributed by atoms with Gasteiger partial charge in [-0.1, -0.05) is 79.6 Å². The topological polar surface area (TPSA) is 109 Å². The molecule has 4 aromatic rings. The number of hydrogen-bond donors (Lipinski definition) is 2. The molecule has 0 spiro atoms. The fraction of sp³-hybridized carbons (Fsp3) is 0. The van der Waals surface area contributed by atoms with Crippen molar-refractivity contribution in [1.82, 2.24) is 0 Å². The molecule has 6 rings (SSSR count). The minimum Gasteiger partial charge on any atom is -0.255 e. The van der Waals surface area contributed by atoms with E-state index in [-0.39, 0.29) is 19.6 Å². The van der Waals surface area contributed by atoms with Gasteiger partial charge in [0.1, 0.15) is 0 Å². The molecule has 0 radical (unpaired) electrons. The zero-order chi connectivity index (χ0) is 53.4. The maximum Gasteiger partial charge on any atom is 0.209 e. The zero-order valence-corrected chi connectivity index (χ0v) is 69.8. The van der Waals surface area contributed by atoms with Crippen molar-refractivity contribution in [1.29, 1.82) is 0 Å². The lowest BCUT2D eigenvalue weighted by Gasteiger charge is -2.19. The van der Waals surface area contributed by atoms with Crippen molar-refractivity contribution < 1.29 is 27.4 Å². The zero-order valence-electron chi connectivity index (χ0n) is 33.1. The van der Waals surface area contributed by atoms with Gasteiger partial charge in [0.25, 0.3) is 0 Å². The Morgan fingerprint density at radius 2 is 0.562 bits per heavy atom. The first-order valence-corrected chi connectivity index (χ1v) is 68.7. The Kier molecular flexibility index (Phi) is 51.4. The third kappa shape index (κ3) is 33.3. The van der Waals surface area contributed by atoms with Crippen LogP contribution in [-0.2, 0) is 357 Å². The van der Waals surface area contributed by atoms with Crippen molar-refractivity contribution in [2.75, 3.05) is 0 Å². The number of benzene rings is 4. The Morgan fingerprint density at radius 3 is 0.904 bits per heavy atom. The number of hydrogen-bond acceptors (Lipinski definition) is 12. The normalized spacial score (nSPS) is 11.3. The van der Waals surface area contributed by atoms with Crippen LogP contribution in [-0.4, -0.2) is 27.4 Å². The molecule has 2 aliphatic rings. The van der Waals surface area contributed by atoms with E-state index in [2.05, 4.69) is 74.3 Å². The summed E-state index contributed by atoms with van der Waals surface area (Å²) in [5, 5.41) is 12.0. The second-order valence-electron chi connectivity index (χ2n) is 9.53. The minimum absolute atomic E-state index is 0.162. The summed E-state index contributed by atoms with van der Waals surface area (Å²) < 4.78 is 51.4. The highest BCUT2D eigenvalue weighted by Crippen LogP contribution is 2.48. The highest BCUT2D eigenvalue weighted by atomic mass is 79.9. The Balaban J connectivity index is 0.000000330. The van der Waals surface area contributed by atoms with Crippen molar-refractivity contribution in [2.24, 2.45) is 0 Å². The molecular formula is C24H16Br2O6S41. The van der Waals surface area contributed by atoms with Crippen molar-refractivity contribution in [2.45, 2.75) is 39.2 Å². The highest BCUT2D eigenvalue weighted by molar-refractivity contribution is 9.10. The van der Waals surface area contributed by atoms with Gasteiger partial charge in [-0.25, -0.2) is 16.8 Å². The Bertz CT molecular complexity index is 4340. The molecule has 6 nitrogen and oxygen atoms in total. The molecule has 0 fully saturated rings. The van der Waals surface area contributed by atoms with Gasteiger partial charge in [0.05, 0.1) is 19.6 Å². The summed E-state index contributed by atoms with van der Waals surface area (Å²) in [6.07, 6.45) is 0. The molecule has 0 atom stereocenters. The second kappa shape index (κ2) is 49.6. The summed E-state index contributed by atoms with van der Waals surface area (Å²) in [6, 6.07) is 24.8. The fourth-order valence-corrected chi connectivity index (χ4v) is 90.9. The molecule has 0 amide bonds. The van der Waals surface area contributed by atoms with Crippen LogP contribution in [0.1, 0.15) is 0 Å². The summed E-state index contributed by atoms with van der Waals surface area (Å²) >= 11 is 29.4. The van der Waals surface area contributed by atoms with Crippen LogP contribution in [0.15, 0.2) is 133 Å². The molecule has 4 aromatic carbocycles. The van der Waals surface area contributed by atoms with Crippen LogP contribution in [0.25, 0.3) is 0 Å². The lowest BCUT2D eigenvalue weighted by molar-refractivity contribution is -0.176. The van der Waals surface area contributed by atoms with E-state index < -0.39 is 19.7 Å². The van der Waals surface area contributed by atoms with Gasteiger partial charge >= 0.3 is 0 Å². The van der Waals surface area contributed by atoms with Gasteiger partial charge in [-0.05, 0) is 60.7 Å². The average molecular weight is 1870 g/mol. The molecule has 2 aliphatic heterocycles.